The molecule has 2 aromatic carbocycles. The molecule has 1 N–H and O–H groups in total. The minimum atomic E-state index is -1.06. The molecule has 2 nitrogen and oxygen atoms in total. The molecule has 6 heteroatoms. The van der Waals surface area contributed by atoms with Gasteiger partial charge in [-0.25, -0.2) is 13.2 Å². The van der Waals surface area contributed by atoms with Crippen molar-refractivity contribution in [1.29, 1.82) is 0 Å². The summed E-state index contributed by atoms with van der Waals surface area (Å²) in [6.45, 7) is 5.27. The average Bonchev–Trinajstić information content (AvgIpc) is 2.45. The molecule has 24 heavy (non-hydrogen) atoms. The molecule has 0 aromatic heterocycles. The van der Waals surface area contributed by atoms with Crippen LogP contribution < -0.4 is 5.32 Å². The molecule has 0 heterocycles. The molecular weight excluding hydrogens is 335 g/mol. The topological polar surface area (TPSA) is 29.1 Å². The van der Waals surface area contributed by atoms with Crippen LogP contribution in [0.3, 0.4) is 0 Å². The molecule has 2 aromatic rings. The molecule has 0 radical (unpaired) electrons. The van der Waals surface area contributed by atoms with Crippen molar-refractivity contribution in [2.75, 3.05) is 5.32 Å². The van der Waals surface area contributed by atoms with E-state index in [1.165, 1.54) is 0 Å². The zero-order chi connectivity index (χ0) is 18.0. The summed E-state index contributed by atoms with van der Waals surface area (Å²) in [5.41, 5.74) is 2.15. The molecule has 0 aliphatic heterocycles. The van der Waals surface area contributed by atoms with Gasteiger partial charge < -0.3 is 5.32 Å². The third-order valence-corrected chi connectivity index (χ3v) is 3.73. The summed E-state index contributed by atoms with van der Waals surface area (Å²) < 4.78 is 40.4. The maximum absolute atomic E-state index is 13.7. The van der Waals surface area contributed by atoms with Crippen molar-refractivity contribution in [2.45, 2.75) is 27.2 Å². The Balaban J connectivity index is 2.34. The monoisotopic (exact) mass is 351 g/mol. The van der Waals surface area contributed by atoms with Gasteiger partial charge in [0.1, 0.15) is 17.5 Å². The number of carbonyl (C=O) groups is 1. The zero-order valence-corrected chi connectivity index (χ0v) is 14.3. The highest BCUT2D eigenvalue weighted by Gasteiger charge is 2.18. The van der Waals surface area contributed by atoms with Crippen molar-refractivity contribution in [1.82, 2.24) is 0 Å². The van der Waals surface area contributed by atoms with Crippen LogP contribution in [-0.4, -0.2) is 10.8 Å². The van der Waals surface area contributed by atoms with Gasteiger partial charge in [0.15, 0.2) is 5.78 Å². The SMILES string of the molecule is CC(=S)Nc1cc(C)c(C(=O)Cc2c(F)cc(F)cc2F)cc1C. The largest absolute Gasteiger partial charge is 0.350 e. The molecule has 2 rings (SSSR count). The van der Waals surface area contributed by atoms with Crippen molar-refractivity contribution in [3.8, 4) is 0 Å². The van der Waals surface area contributed by atoms with E-state index < -0.39 is 35.2 Å². The van der Waals surface area contributed by atoms with E-state index in [9.17, 15) is 18.0 Å². The summed E-state index contributed by atoms with van der Waals surface area (Å²) in [5.74, 6) is -3.58. The number of hydrogen-bond donors (Lipinski definition) is 1. The first kappa shape index (κ1) is 18.1. The second-order valence-electron chi connectivity index (χ2n) is 5.61. The minimum Gasteiger partial charge on any atom is -0.350 e. The van der Waals surface area contributed by atoms with E-state index in [2.05, 4.69) is 5.32 Å². The zero-order valence-electron chi connectivity index (χ0n) is 13.5. The number of benzene rings is 2. The van der Waals surface area contributed by atoms with Crippen LogP contribution in [0.25, 0.3) is 0 Å². The fourth-order valence-electron chi connectivity index (χ4n) is 2.44. The molecule has 0 saturated heterocycles. The summed E-state index contributed by atoms with van der Waals surface area (Å²) in [4.78, 5) is 13.0. The molecule has 0 saturated carbocycles. The molecule has 0 fully saturated rings. The van der Waals surface area contributed by atoms with E-state index in [4.69, 9.17) is 12.2 Å². The number of halogens is 3. The lowest BCUT2D eigenvalue weighted by molar-refractivity contribution is 0.0990. The van der Waals surface area contributed by atoms with Crippen molar-refractivity contribution >= 4 is 28.7 Å². The number of Topliss-reactive ketones (excluding diaryl/α,β-unsaturated/α-hetero) is 1. The van der Waals surface area contributed by atoms with Gasteiger partial charge in [-0.2, -0.15) is 0 Å². The molecule has 126 valence electrons. The van der Waals surface area contributed by atoms with Crippen LogP contribution in [0.2, 0.25) is 0 Å². The van der Waals surface area contributed by atoms with Gasteiger partial charge in [-0.3, -0.25) is 4.79 Å². The summed E-state index contributed by atoms with van der Waals surface area (Å²) in [5, 5.41) is 3.01. The highest BCUT2D eigenvalue weighted by Crippen LogP contribution is 2.23. The van der Waals surface area contributed by atoms with Crippen molar-refractivity contribution < 1.29 is 18.0 Å². The van der Waals surface area contributed by atoms with Crippen LogP contribution in [-0.2, 0) is 6.42 Å². The van der Waals surface area contributed by atoms with Gasteiger partial charge >= 0.3 is 0 Å². The van der Waals surface area contributed by atoms with Crippen LogP contribution in [0.1, 0.15) is 34.0 Å². The van der Waals surface area contributed by atoms with E-state index in [1.807, 2.05) is 0 Å². The Morgan fingerprint density at radius 1 is 1.04 bits per heavy atom. The highest BCUT2D eigenvalue weighted by molar-refractivity contribution is 7.80. The summed E-state index contributed by atoms with van der Waals surface area (Å²) in [6.07, 6.45) is -0.475. The molecule has 0 aliphatic carbocycles. The first-order chi connectivity index (χ1) is 11.2. The Morgan fingerprint density at radius 2 is 1.62 bits per heavy atom. The Bertz CT molecular complexity index is 810. The number of hydrogen-bond acceptors (Lipinski definition) is 2. The Labute approximate surface area is 143 Å². The normalized spacial score (nSPS) is 10.6. The number of ketones is 1. The summed E-state index contributed by atoms with van der Waals surface area (Å²) in [6, 6.07) is 4.55. The van der Waals surface area contributed by atoms with Crippen LogP contribution in [0, 0.1) is 31.3 Å². The van der Waals surface area contributed by atoms with Crippen LogP contribution in [0.5, 0.6) is 0 Å². The third kappa shape index (κ3) is 4.00. The van der Waals surface area contributed by atoms with E-state index in [0.717, 1.165) is 11.3 Å². The van der Waals surface area contributed by atoms with Gasteiger partial charge in [0.2, 0.25) is 0 Å². The smallest absolute Gasteiger partial charge is 0.167 e. The molecular formula is C18H16F3NOS. The van der Waals surface area contributed by atoms with Gasteiger partial charge in [0.25, 0.3) is 0 Å². The van der Waals surface area contributed by atoms with E-state index >= 15 is 0 Å². The van der Waals surface area contributed by atoms with Crippen LogP contribution in [0.4, 0.5) is 18.9 Å². The Morgan fingerprint density at radius 3 is 2.17 bits per heavy atom. The number of anilines is 1. The summed E-state index contributed by atoms with van der Waals surface area (Å²) >= 11 is 5.00. The maximum Gasteiger partial charge on any atom is 0.167 e. The predicted octanol–water partition coefficient (Wildman–Crippen LogP) is 4.91. The highest BCUT2D eigenvalue weighted by atomic mass is 32.1. The Hall–Kier alpha value is -2.21. The van der Waals surface area contributed by atoms with Gasteiger partial charge in [0, 0.05) is 35.4 Å². The minimum absolute atomic E-state index is 0.364. The van der Waals surface area contributed by atoms with Gasteiger partial charge in [-0.05, 0) is 44.0 Å². The van der Waals surface area contributed by atoms with Crippen LogP contribution in [0.15, 0.2) is 24.3 Å². The number of rotatable bonds is 4. The standard InChI is InChI=1S/C18H16F3NOS/c1-9-5-17(22-11(3)24)10(2)4-13(9)18(23)8-14-15(20)6-12(19)7-16(14)21/h4-7H,8H2,1-3H3,(H,22,24). The third-order valence-electron chi connectivity index (χ3n) is 3.63. The van der Waals surface area contributed by atoms with Crippen molar-refractivity contribution in [2.24, 2.45) is 0 Å². The van der Waals surface area contributed by atoms with E-state index in [0.29, 0.717) is 28.2 Å². The van der Waals surface area contributed by atoms with E-state index in [-0.39, 0.29) is 0 Å². The molecule has 0 spiro atoms. The van der Waals surface area contributed by atoms with Crippen molar-refractivity contribution in [3.63, 3.8) is 0 Å². The second-order valence-corrected chi connectivity index (χ2v) is 6.22. The molecule has 0 aliphatic rings. The van der Waals surface area contributed by atoms with E-state index in [1.54, 1.807) is 32.9 Å². The first-order valence-electron chi connectivity index (χ1n) is 7.24. The number of nitrogens with one attached hydrogen (secondary N) is 1. The van der Waals surface area contributed by atoms with Gasteiger partial charge in [0.05, 0.1) is 4.99 Å². The predicted molar refractivity (Wildman–Crippen MR) is 92.2 cm³/mol. The number of thiocarbonyl (C=S) groups is 1. The average molecular weight is 351 g/mol. The number of aryl methyl sites for hydroxylation is 2. The maximum atomic E-state index is 13.7. The Kier molecular flexibility index (Phi) is 5.39. The van der Waals surface area contributed by atoms with Gasteiger partial charge in [-0.1, -0.05) is 12.2 Å². The first-order valence-corrected chi connectivity index (χ1v) is 7.65. The molecule has 0 atom stereocenters. The lowest BCUT2D eigenvalue weighted by atomic mass is 9.96. The quantitative estimate of drug-likeness (QED) is 0.627. The van der Waals surface area contributed by atoms with Gasteiger partial charge in [-0.15, -0.1) is 0 Å². The lowest BCUT2D eigenvalue weighted by Crippen LogP contribution is -2.11. The second kappa shape index (κ2) is 7.13. The number of carbonyl (C=O) groups excluding carboxylic acids is 1. The molecule has 0 amide bonds. The fraction of sp³-hybridized carbons (Fsp3) is 0.222. The lowest BCUT2D eigenvalue weighted by Gasteiger charge is -2.13. The summed E-state index contributed by atoms with van der Waals surface area (Å²) in [7, 11) is 0. The molecule has 0 bridgehead atoms. The fourth-order valence-corrected chi connectivity index (χ4v) is 2.55. The molecule has 0 unspecified atom stereocenters. The van der Waals surface area contributed by atoms with Crippen molar-refractivity contribution in [3.05, 3.63) is 64.0 Å². The van der Waals surface area contributed by atoms with Crippen LogP contribution >= 0.6 is 12.2 Å².